The van der Waals surface area contributed by atoms with E-state index < -0.39 is 0 Å². The van der Waals surface area contributed by atoms with Crippen LogP contribution in [0.1, 0.15) is 0 Å². The Hall–Kier alpha value is -2.48. The van der Waals surface area contributed by atoms with E-state index >= 15 is 0 Å². The highest BCUT2D eigenvalue weighted by atomic mass is 16.5. The fourth-order valence-electron chi connectivity index (χ4n) is 1.69. The molecule has 0 amide bonds. The van der Waals surface area contributed by atoms with Gasteiger partial charge in [0.05, 0.1) is 12.5 Å². The molecule has 90 valence electrons. The lowest BCUT2D eigenvalue weighted by molar-refractivity contribution is 0.482. The Morgan fingerprint density at radius 1 is 0.722 bits per heavy atom. The average Bonchev–Trinajstić information content (AvgIpc) is 2.40. The number of benzene rings is 2. The summed E-state index contributed by atoms with van der Waals surface area (Å²) in [6.45, 7) is 7.09. The third kappa shape index (κ3) is 2.80. The number of hydrogen-bond acceptors (Lipinski definition) is 2. The van der Waals surface area contributed by atoms with Crippen molar-refractivity contribution in [3.05, 3.63) is 74.2 Å². The predicted octanol–water partition coefficient (Wildman–Crippen LogP) is 4.40. The quantitative estimate of drug-likeness (QED) is 0.719. The highest BCUT2D eigenvalue weighted by Crippen LogP contribution is 2.27. The Kier molecular flexibility index (Phi) is 3.82. The monoisotopic (exact) mass is 238 g/mol. The van der Waals surface area contributed by atoms with Gasteiger partial charge in [-0.1, -0.05) is 37.4 Å². The van der Waals surface area contributed by atoms with E-state index in [1.54, 1.807) is 0 Å². The first kappa shape index (κ1) is 12.0. The summed E-state index contributed by atoms with van der Waals surface area (Å²) in [5, 5.41) is 0. The molecule has 0 radical (unpaired) electrons. The van der Waals surface area contributed by atoms with E-state index in [0.717, 1.165) is 22.6 Å². The molecule has 2 nitrogen and oxygen atoms in total. The van der Waals surface area contributed by atoms with Gasteiger partial charge in [-0.15, -0.1) is 0 Å². The molecule has 2 rings (SSSR count). The van der Waals surface area contributed by atoms with Crippen LogP contribution in [0.3, 0.4) is 0 Å². The zero-order valence-corrected chi connectivity index (χ0v) is 10.0. The van der Waals surface area contributed by atoms with E-state index in [-0.39, 0.29) is 0 Å². The number of ether oxygens (including phenoxy) is 2. The van der Waals surface area contributed by atoms with Gasteiger partial charge in [0.15, 0.2) is 0 Å². The standard InChI is InChI=1S/C16H14O2/c1-3-17-15-9-5-7-13(11-15)14-8-6-10-16(12-14)18-4-2/h3-12H,1-2H2. The second-order valence-electron chi connectivity index (χ2n) is 3.62. The van der Waals surface area contributed by atoms with Gasteiger partial charge in [0.25, 0.3) is 0 Å². The molecule has 18 heavy (non-hydrogen) atoms. The molecular formula is C16H14O2. The molecule has 0 fully saturated rings. The van der Waals surface area contributed by atoms with Gasteiger partial charge in [-0.3, -0.25) is 0 Å². The van der Waals surface area contributed by atoms with Crippen LogP contribution < -0.4 is 9.47 Å². The van der Waals surface area contributed by atoms with Crippen molar-refractivity contribution in [2.24, 2.45) is 0 Å². The molecule has 0 saturated heterocycles. The average molecular weight is 238 g/mol. The third-order valence-electron chi connectivity index (χ3n) is 2.44. The molecular weight excluding hydrogens is 224 g/mol. The molecule has 0 aliphatic heterocycles. The summed E-state index contributed by atoms with van der Waals surface area (Å²) >= 11 is 0. The summed E-state index contributed by atoms with van der Waals surface area (Å²) in [4.78, 5) is 0. The zero-order valence-electron chi connectivity index (χ0n) is 10.0. The first-order chi connectivity index (χ1) is 8.83. The summed E-state index contributed by atoms with van der Waals surface area (Å²) in [6, 6.07) is 15.6. The lowest BCUT2D eigenvalue weighted by Crippen LogP contribution is -1.84. The summed E-state index contributed by atoms with van der Waals surface area (Å²) in [5.74, 6) is 1.52. The Morgan fingerprint density at radius 3 is 1.56 bits per heavy atom. The molecule has 0 spiro atoms. The Morgan fingerprint density at radius 2 is 1.17 bits per heavy atom. The van der Waals surface area contributed by atoms with Crippen molar-refractivity contribution in [3.8, 4) is 22.6 Å². The Balaban J connectivity index is 2.35. The SMILES string of the molecule is C=COc1cccc(-c2cccc(OC=C)c2)c1. The van der Waals surface area contributed by atoms with Crippen LogP contribution in [0.15, 0.2) is 74.2 Å². The van der Waals surface area contributed by atoms with Gasteiger partial charge >= 0.3 is 0 Å². The first-order valence-corrected chi connectivity index (χ1v) is 5.59. The molecule has 0 bridgehead atoms. The normalized spacial score (nSPS) is 9.56. The van der Waals surface area contributed by atoms with Gasteiger partial charge in [-0.05, 0) is 35.4 Å². The lowest BCUT2D eigenvalue weighted by atomic mass is 10.1. The maximum absolute atomic E-state index is 5.26. The minimum absolute atomic E-state index is 0.762. The molecule has 0 N–H and O–H groups in total. The van der Waals surface area contributed by atoms with Crippen molar-refractivity contribution in [2.45, 2.75) is 0 Å². The molecule has 0 aliphatic carbocycles. The molecule has 2 heteroatoms. The molecule has 0 unspecified atom stereocenters. The second kappa shape index (κ2) is 5.73. The summed E-state index contributed by atoms with van der Waals surface area (Å²) < 4.78 is 10.5. The third-order valence-corrected chi connectivity index (χ3v) is 2.44. The van der Waals surface area contributed by atoms with Crippen molar-refractivity contribution in [1.82, 2.24) is 0 Å². The van der Waals surface area contributed by atoms with Crippen LogP contribution in [0.25, 0.3) is 11.1 Å². The first-order valence-electron chi connectivity index (χ1n) is 5.59. The predicted molar refractivity (Wildman–Crippen MR) is 73.5 cm³/mol. The van der Waals surface area contributed by atoms with Crippen molar-refractivity contribution < 1.29 is 9.47 Å². The maximum atomic E-state index is 5.26. The minimum atomic E-state index is 0.762. The van der Waals surface area contributed by atoms with Crippen LogP contribution in [0, 0.1) is 0 Å². The van der Waals surface area contributed by atoms with Gasteiger partial charge in [-0.25, -0.2) is 0 Å². The molecule has 0 aliphatic rings. The van der Waals surface area contributed by atoms with E-state index in [0.29, 0.717) is 0 Å². The fraction of sp³-hybridized carbons (Fsp3) is 0. The van der Waals surface area contributed by atoms with Gasteiger partial charge in [0.1, 0.15) is 11.5 Å². The Labute approximate surface area is 107 Å². The van der Waals surface area contributed by atoms with Gasteiger partial charge in [0.2, 0.25) is 0 Å². The van der Waals surface area contributed by atoms with E-state index in [2.05, 4.69) is 13.2 Å². The van der Waals surface area contributed by atoms with E-state index in [4.69, 9.17) is 9.47 Å². The van der Waals surface area contributed by atoms with Crippen LogP contribution >= 0.6 is 0 Å². The van der Waals surface area contributed by atoms with Gasteiger partial charge < -0.3 is 9.47 Å². The van der Waals surface area contributed by atoms with Crippen LogP contribution in [-0.4, -0.2) is 0 Å². The van der Waals surface area contributed by atoms with Crippen molar-refractivity contribution >= 4 is 0 Å². The van der Waals surface area contributed by atoms with Crippen molar-refractivity contribution in [2.75, 3.05) is 0 Å². The van der Waals surface area contributed by atoms with E-state index in [1.165, 1.54) is 12.5 Å². The molecule has 0 aromatic heterocycles. The number of rotatable bonds is 5. The van der Waals surface area contributed by atoms with Crippen LogP contribution in [0.5, 0.6) is 11.5 Å². The Bertz CT molecular complexity index is 507. The van der Waals surface area contributed by atoms with Crippen molar-refractivity contribution in [1.29, 1.82) is 0 Å². The van der Waals surface area contributed by atoms with E-state index in [9.17, 15) is 0 Å². The number of hydrogen-bond donors (Lipinski definition) is 0. The maximum Gasteiger partial charge on any atom is 0.127 e. The van der Waals surface area contributed by atoms with Crippen molar-refractivity contribution in [3.63, 3.8) is 0 Å². The largest absolute Gasteiger partial charge is 0.466 e. The van der Waals surface area contributed by atoms with Crippen LogP contribution in [0.4, 0.5) is 0 Å². The summed E-state index contributed by atoms with van der Waals surface area (Å²) in [6.07, 6.45) is 2.83. The smallest absolute Gasteiger partial charge is 0.127 e. The molecule has 2 aromatic rings. The summed E-state index contributed by atoms with van der Waals surface area (Å²) in [7, 11) is 0. The molecule has 0 heterocycles. The highest BCUT2D eigenvalue weighted by Gasteiger charge is 2.01. The second-order valence-corrected chi connectivity index (χ2v) is 3.62. The molecule has 0 saturated carbocycles. The summed E-state index contributed by atoms with van der Waals surface area (Å²) in [5.41, 5.74) is 2.12. The molecule has 2 aromatic carbocycles. The van der Waals surface area contributed by atoms with Crippen LogP contribution in [0.2, 0.25) is 0 Å². The topological polar surface area (TPSA) is 18.5 Å². The lowest BCUT2D eigenvalue weighted by Gasteiger charge is -2.06. The van der Waals surface area contributed by atoms with Crippen LogP contribution in [-0.2, 0) is 0 Å². The minimum Gasteiger partial charge on any atom is -0.466 e. The fourth-order valence-corrected chi connectivity index (χ4v) is 1.69. The van der Waals surface area contributed by atoms with E-state index in [1.807, 2.05) is 48.5 Å². The zero-order chi connectivity index (χ0) is 12.8. The van der Waals surface area contributed by atoms with Gasteiger partial charge in [-0.2, -0.15) is 0 Å². The van der Waals surface area contributed by atoms with Gasteiger partial charge in [0, 0.05) is 0 Å². The molecule has 0 atom stereocenters. The highest BCUT2D eigenvalue weighted by molar-refractivity contribution is 5.66.